The van der Waals surface area contributed by atoms with Crippen molar-refractivity contribution in [2.24, 2.45) is 0 Å². The highest BCUT2D eigenvalue weighted by atomic mass is 28.3. The van der Waals surface area contributed by atoms with E-state index in [-0.39, 0.29) is 0 Å². The number of furan rings is 1. The summed E-state index contributed by atoms with van der Waals surface area (Å²) in [7, 11) is -1.62. The number of fused-ring (bicyclic) bond motifs is 1. The van der Waals surface area contributed by atoms with E-state index in [1.165, 1.54) is 21.9 Å². The summed E-state index contributed by atoms with van der Waals surface area (Å²) in [6, 6.07) is 17.4. The first-order valence-electron chi connectivity index (χ1n) is 8.51. The Hall–Kier alpha value is -2.32. The van der Waals surface area contributed by atoms with Gasteiger partial charge in [0.25, 0.3) is 0 Å². The highest BCUT2D eigenvalue weighted by Crippen LogP contribution is 2.37. The molecule has 2 heteroatoms. The molecule has 0 aromatic carbocycles. The fourth-order valence-corrected chi connectivity index (χ4v) is 6.72. The Bertz CT molecular complexity index is 901. The molecule has 0 radical (unpaired) electrons. The molecular formula is C22H22OSi. The number of allylic oxidation sites excluding steroid dienone is 4. The molecule has 0 amide bonds. The molecule has 0 saturated heterocycles. The van der Waals surface area contributed by atoms with Crippen LogP contribution in [0.1, 0.15) is 5.76 Å². The molecule has 0 unspecified atom stereocenters. The second-order valence-corrected chi connectivity index (χ2v) is 11.8. The lowest BCUT2D eigenvalue weighted by Crippen LogP contribution is -2.44. The maximum absolute atomic E-state index is 5.90. The van der Waals surface area contributed by atoms with Gasteiger partial charge in [0.1, 0.15) is 11.5 Å². The zero-order chi connectivity index (χ0) is 16.7. The summed E-state index contributed by atoms with van der Waals surface area (Å²) < 4.78 is 5.90. The molecular weight excluding hydrogens is 308 g/mol. The van der Waals surface area contributed by atoms with Crippen molar-refractivity contribution in [3.63, 3.8) is 0 Å². The molecule has 1 heterocycles. The molecule has 4 rings (SSSR count). The smallest absolute Gasteiger partial charge is 0.134 e. The summed E-state index contributed by atoms with van der Waals surface area (Å²) in [5, 5.41) is 1.53. The van der Waals surface area contributed by atoms with Crippen LogP contribution in [0, 0.1) is 6.92 Å². The maximum Gasteiger partial charge on any atom is 0.134 e. The second kappa shape index (κ2) is 5.64. The standard InChI is InChI=1S/C22H22OSi/c1-16-12-14-21(23-16)19-10-6-7-11-20-18(19)13-15-22(20)24(2,3)17-8-4-5-9-17/h4-15,17H,1-3H3. The van der Waals surface area contributed by atoms with Crippen molar-refractivity contribution < 1.29 is 4.42 Å². The summed E-state index contributed by atoms with van der Waals surface area (Å²) in [6.07, 6.45) is 9.07. The number of hydrogen-bond acceptors (Lipinski definition) is 1. The lowest BCUT2D eigenvalue weighted by Gasteiger charge is -2.28. The maximum atomic E-state index is 5.90. The van der Waals surface area contributed by atoms with Gasteiger partial charge in [0.2, 0.25) is 0 Å². The zero-order valence-corrected chi connectivity index (χ0v) is 15.4. The molecule has 3 aliphatic carbocycles. The fraction of sp³-hybridized carbons (Fsp3) is 0.182. The molecule has 0 bridgehead atoms. The first-order chi connectivity index (χ1) is 11.6. The van der Waals surface area contributed by atoms with Gasteiger partial charge in [-0.25, -0.2) is 0 Å². The van der Waals surface area contributed by atoms with Crippen molar-refractivity contribution in [2.75, 3.05) is 0 Å². The minimum atomic E-state index is -1.62. The topological polar surface area (TPSA) is 13.1 Å². The molecule has 0 saturated carbocycles. The Morgan fingerprint density at radius 2 is 1.50 bits per heavy atom. The van der Waals surface area contributed by atoms with E-state index in [1.807, 2.05) is 13.0 Å². The van der Waals surface area contributed by atoms with E-state index in [9.17, 15) is 0 Å². The first kappa shape index (κ1) is 15.2. The van der Waals surface area contributed by atoms with E-state index < -0.39 is 8.07 Å². The molecule has 0 N–H and O–H groups in total. The van der Waals surface area contributed by atoms with Crippen LogP contribution in [-0.2, 0) is 0 Å². The van der Waals surface area contributed by atoms with Crippen molar-refractivity contribution in [1.29, 1.82) is 0 Å². The lowest BCUT2D eigenvalue weighted by molar-refractivity contribution is 0.548. The van der Waals surface area contributed by atoms with E-state index in [2.05, 4.69) is 79.9 Å². The van der Waals surface area contributed by atoms with Gasteiger partial charge in [-0.3, -0.25) is 0 Å². The molecule has 24 heavy (non-hydrogen) atoms. The van der Waals surface area contributed by atoms with Crippen LogP contribution in [0.4, 0.5) is 0 Å². The third-order valence-corrected chi connectivity index (χ3v) is 9.08. The second-order valence-electron chi connectivity index (χ2n) is 7.13. The van der Waals surface area contributed by atoms with Gasteiger partial charge < -0.3 is 4.42 Å². The Morgan fingerprint density at radius 3 is 2.17 bits per heavy atom. The summed E-state index contributed by atoms with van der Waals surface area (Å²) in [5.41, 5.74) is 4.41. The molecule has 3 aliphatic rings. The van der Waals surface area contributed by atoms with Crippen LogP contribution in [-0.4, -0.2) is 8.07 Å². The predicted octanol–water partition coefficient (Wildman–Crippen LogP) is 5.77. The van der Waals surface area contributed by atoms with Crippen molar-refractivity contribution >= 4 is 13.3 Å². The normalized spacial score (nSPS) is 14.8. The molecule has 1 aromatic heterocycles. The Morgan fingerprint density at radius 1 is 0.792 bits per heavy atom. The summed E-state index contributed by atoms with van der Waals surface area (Å²) >= 11 is 0. The predicted molar refractivity (Wildman–Crippen MR) is 105 cm³/mol. The minimum Gasteiger partial charge on any atom is -0.461 e. The van der Waals surface area contributed by atoms with Gasteiger partial charge in [-0.05, 0) is 35.7 Å². The van der Waals surface area contributed by atoms with Crippen LogP contribution in [0.3, 0.4) is 0 Å². The third-order valence-electron chi connectivity index (χ3n) is 5.21. The molecule has 1 nitrogen and oxygen atoms in total. The molecule has 120 valence electrons. The van der Waals surface area contributed by atoms with Gasteiger partial charge in [-0.15, -0.1) is 0 Å². The summed E-state index contributed by atoms with van der Waals surface area (Å²) in [4.78, 5) is 0. The fourth-order valence-electron chi connectivity index (χ4n) is 3.75. The Balaban J connectivity index is 1.86. The third kappa shape index (κ3) is 2.38. The SMILES string of the molecule is Cc1ccc(-c2ccccc3c([Si](C)(C)C4C=CC=C4)ccc2-3)o1. The van der Waals surface area contributed by atoms with Gasteiger partial charge in [0.05, 0.1) is 8.07 Å². The van der Waals surface area contributed by atoms with E-state index in [4.69, 9.17) is 4.42 Å². The van der Waals surface area contributed by atoms with Crippen LogP contribution in [0.2, 0.25) is 18.6 Å². The van der Waals surface area contributed by atoms with Gasteiger partial charge in [0, 0.05) is 5.56 Å². The van der Waals surface area contributed by atoms with Gasteiger partial charge >= 0.3 is 0 Å². The summed E-state index contributed by atoms with van der Waals surface area (Å²) in [5.74, 6) is 1.90. The average molecular weight is 331 g/mol. The molecule has 1 aromatic rings. The van der Waals surface area contributed by atoms with Crippen molar-refractivity contribution in [1.82, 2.24) is 0 Å². The molecule has 0 fully saturated rings. The first-order valence-corrected chi connectivity index (χ1v) is 11.6. The number of aryl methyl sites for hydroxylation is 1. The molecule has 0 aliphatic heterocycles. The Labute approximate surface area is 144 Å². The highest BCUT2D eigenvalue weighted by molar-refractivity contribution is 6.92. The van der Waals surface area contributed by atoms with Gasteiger partial charge in [-0.1, -0.05) is 79.0 Å². The molecule has 0 spiro atoms. The molecule has 0 atom stereocenters. The van der Waals surface area contributed by atoms with Crippen molar-refractivity contribution in [3.05, 3.63) is 78.6 Å². The van der Waals surface area contributed by atoms with Crippen LogP contribution in [0.25, 0.3) is 22.5 Å². The van der Waals surface area contributed by atoms with Gasteiger partial charge in [0.15, 0.2) is 0 Å². The van der Waals surface area contributed by atoms with Crippen LogP contribution in [0.5, 0.6) is 0 Å². The average Bonchev–Trinajstić information content (AvgIpc) is 3.27. The van der Waals surface area contributed by atoms with Crippen LogP contribution < -0.4 is 5.19 Å². The quantitative estimate of drug-likeness (QED) is 0.556. The number of rotatable bonds is 3. The van der Waals surface area contributed by atoms with E-state index >= 15 is 0 Å². The van der Waals surface area contributed by atoms with E-state index in [0.29, 0.717) is 5.54 Å². The van der Waals surface area contributed by atoms with Crippen molar-refractivity contribution in [3.8, 4) is 22.5 Å². The van der Waals surface area contributed by atoms with Crippen molar-refractivity contribution in [2.45, 2.75) is 25.6 Å². The Kier molecular flexibility index (Phi) is 3.58. The zero-order valence-electron chi connectivity index (χ0n) is 14.4. The minimum absolute atomic E-state index is 0.572. The monoisotopic (exact) mass is 330 g/mol. The van der Waals surface area contributed by atoms with E-state index in [0.717, 1.165) is 11.5 Å². The van der Waals surface area contributed by atoms with Crippen LogP contribution in [0.15, 0.2) is 77.3 Å². The van der Waals surface area contributed by atoms with Crippen LogP contribution >= 0.6 is 0 Å². The number of hydrogen-bond donors (Lipinski definition) is 0. The van der Waals surface area contributed by atoms with Gasteiger partial charge in [-0.2, -0.15) is 0 Å². The largest absolute Gasteiger partial charge is 0.461 e. The lowest BCUT2D eigenvalue weighted by atomic mass is 10.1. The highest BCUT2D eigenvalue weighted by Gasteiger charge is 2.34. The summed E-state index contributed by atoms with van der Waals surface area (Å²) in [6.45, 7) is 6.93. The van der Waals surface area contributed by atoms with E-state index in [1.54, 1.807) is 0 Å².